The lowest BCUT2D eigenvalue weighted by atomic mass is 9.99. The van der Waals surface area contributed by atoms with Gasteiger partial charge < -0.3 is 24.2 Å². The first-order valence-corrected chi connectivity index (χ1v) is 11.1. The van der Waals surface area contributed by atoms with E-state index in [-0.39, 0.29) is 0 Å². The van der Waals surface area contributed by atoms with E-state index < -0.39 is 5.82 Å². The number of anilines is 1. The average Bonchev–Trinajstić information content (AvgIpc) is 3.46. The van der Waals surface area contributed by atoms with Crippen LogP contribution in [0.4, 0.5) is 10.2 Å². The van der Waals surface area contributed by atoms with E-state index in [0.29, 0.717) is 46.3 Å². The zero-order chi connectivity index (χ0) is 22.2. The van der Waals surface area contributed by atoms with Crippen molar-refractivity contribution in [1.29, 1.82) is 0 Å². The fourth-order valence-corrected chi connectivity index (χ4v) is 4.70. The van der Waals surface area contributed by atoms with E-state index in [1.807, 2.05) is 6.92 Å². The molecule has 2 aromatic heterocycles. The van der Waals surface area contributed by atoms with Gasteiger partial charge in [-0.05, 0) is 44.7 Å². The summed E-state index contributed by atoms with van der Waals surface area (Å²) in [6, 6.07) is 4.05. The van der Waals surface area contributed by atoms with Crippen LogP contribution in [-0.2, 0) is 4.74 Å². The number of benzene rings is 1. The third-order valence-corrected chi connectivity index (χ3v) is 6.43. The highest BCUT2D eigenvalue weighted by Gasteiger charge is 2.29. The van der Waals surface area contributed by atoms with Crippen LogP contribution in [0.1, 0.15) is 30.7 Å². The van der Waals surface area contributed by atoms with Crippen molar-refractivity contribution in [3.8, 4) is 17.2 Å². The molecule has 5 rings (SSSR count). The summed E-state index contributed by atoms with van der Waals surface area (Å²) < 4.78 is 31.2. The zero-order valence-electron chi connectivity index (χ0n) is 18.7. The van der Waals surface area contributed by atoms with Gasteiger partial charge in [-0.2, -0.15) is 4.98 Å². The summed E-state index contributed by atoms with van der Waals surface area (Å²) in [5, 5.41) is 8.36. The fraction of sp³-hybridized carbons (Fsp3) is 0.522. The van der Waals surface area contributed by atoms with Gasteiger partial charge >= 0.3 is 0 Å². The minimum atomic E-state index is -0.408. The number of aryl methyl sites for hydroxylation is 2. The molecule has 9 heteroatoms. The molecule has 3 aromatic rings. The lowest BCUT2D eigenvalue weighted by molar-refractivity contribution is 0.186. The van der Waals surface area contributed by atoms with Gasteiger partial charge in [0.25, 0.3) is 5.89 Å². The van der Waals surface area contributed by atoms with Crippen molar-refractivity contribution < 1.29 is 18.4 Å². The minimum Gasteiger partial charge on any atom is -0.497 e. The first-order chi connectivity index (χ1) is 15.5. The number of halogens is 1. The van der Waals surface area contributed by atoms with Crippen LogP contribution < -0.4 is 15.0 Å². The number of aromatic nitrogens is 3. The molecule has 1 aromatic carbocycles. The van der Waals surface area contributed by atoms with Crippen LogP contribution in [0.25, 0.3) is 22.4 Å². The van der Waals surface area contributed by atoms with Crippen LogP contribution in [0, 0.1) is 19.7 Å². The van der Waals surface area contributed by atoms with E-state index in [0.717, 1.165) is 56.7 Å². The Bertz CT molecular complexity index is 1120. The minimum absolute atomic E-state index is 0.321. The van der Waals surface area contributed by atoms with E-state index in [1.165, 1.54) is 13.2 Å². The number of hydrogen-bond donors (Lipinski definition) is 1. The van der Waals surface area contributed by atoms with E-state index in [1.54, 1.807) is 13.0 Å². The molecule has 8 nitrogen and oxygen atoms in total. The van der Waals surface area contributed by atoms with Gasteiger partial charge in [-0.3, -0.25) is 0 Å². The van der Waals surface area contributed by atoms with Crippen LogP contribution in [0.5, 0.6) is 5.75 Å². The van der Waals surface area contributed by atoms with Crippen LogP contribution in [0.2, 0.25) is 0 Å². The van der Waals surface area contributed by atoms with E-state index in [9.17, 15) is 4.39 Å². The van der Waals surface area contributed by atoms with Crippen molar-refractivity contribution in [2.24, 2.45) is 0 Å². The van der Waals surface area contributed by atoms with Crippen molar-refractivity contribution in [1.82, 2.24) is 20.4 Å². The zero-order valence-corrected chi connectivity index (χ0v) is 18.7. The molecule has 0 radical (unpaired) electrons. The lowest BCUT2D eigenvalue weighted by Gasteiger charge is -2.35. The highest BCUT2D eigenvalue weighted by molar-refractivity contribution is 5.93. The lowest BCUT2D eigenvalue weighted by Crippen LogP contribution is -2.46. The van der Waals surface area contributed by atoms with Gasteiger partial charge in [0, 0.05) is 43.2 Å². The van der Waals surface area contributed by atoms with Gasteiger partial charge in [-0.1, -0.05) is 5.16 Å². The second-order valence-corrected chi connectivity index (χ2v) is 8.58. The van der Waals surface area contributed by atoms with Crippen LogP contribution in [-0.4, -0.2) is 60.6 Å². The summed E-state index contributed by atoms with van der Waals surface area (Å²) in [6.07, 6.45) is 3.01. The van der Waals surface area contributed by atoms with Gasteiger partial charge in [0.15, 0.2) is 11.6 Å². The molecule has 2 saturated heterocycles. The molecule has 2 aliphatic heterocycles. The van der Waals surface area contributed by atoms with Crippen molar-refractivity contribution >= 4 is 16.7 Å². The Morgan fingerprint density at radius 2 is 1.94 bits per heavy atom. The Hall–Kier alpha value is -2.78. The maximum absolute atomic E-state index is 15.0. The van der Waals surface area contributed by atoms with Gasteiger partial charge in [-0.25, -0.2) is 9.37 Å². The van der Waals surface area contributed by atoms with Crippen LogP contribution >= 0.6 is 0 Å². The molecule has 0 aliphatic carbocycles. The highest BCUT2D eigenvalue weighted by atomic mass is 19.1. The number of ether oxygens (including phenoxy) is 2. The van der Waals surface area contributed by atoms with Crippen molar-refractivity contribution in [3.63, 3.8) is 0 Å². The Labute approximate surface area is 186 Å². The predicted molar refractivity (Wildman–Crippen MR) is 119 cm³/mol. The topological polar surface area (TPSA) is 85.5 Å². The van der Waals surface area contributed by atoms with E-state index in [2.05, 4.69) is 20.4 Å². The second kappa shape index (κ2) is 8.63. The number of piperidine rings is 1. The maximum atomic E-state index is 15.0. The van der Waals surface area contributed by atoms with Gasteiger partial charge in [0.1, 0.15) is 17.1 Å². The number of nitrogens with one attached hydrogen (secondary N) is 1. The summed E-state index contributed by atoms with van der Waals surface area (Å²) in [6.45, 7) is 6.95. The molecule has 2 aliphatic rings. The molecule has 1 N–H and O–H groups in total. The van der Waals surface area contributed by atoms with E-state index in [4.69, 9.17) is 19.0 Å². The Kier molecular flexibility index (Phi) is 5.69. The summed E-state index contributed by atoms with van der Waals surface area (Å²) in [4.78, 5) is 11.4. The number of hydrogen-bond acceptors (Lipinski definition) is 8. The molecule has 0 saturated carbocycles. The molecular formula is C23H28FN5O3. The number of rotatable bonds is 5. The Morgan fingerprint density at radius 1 is 1.12 bits per heavy atom. The highest BCUT2D eigenvalue weighted by Crippen LogP contribution is 2.38. The standard InChI is InChI=1S/C23H28FN5O3/c1-13-18-10-17(30-3)11-19(24)21(18)27-22(20(13)23-25-14(2)28-32-23)29-7-4-15(5-8-29)26-16-6-9-31-12-16/h10-11,15-16,26H,4-9,12H2,1-3H3. The molecule has 4 heterocycles. The van der Waals surface area contributed by atoms with Gasteiger partial charge in [0.05, 0.1) is 19.3 Å². The fourth-order valence-electron chi connectivity index (χ4n) is 4.70. The summed E-state index contributed by atoms with van der Waals surface area (Å²) in [5.74, 6) is 1.67. The summed E-state index contributed by atoms with van der Waals surface area (Å²) in [7, 11) is 1.52. The van der Waals surface area contributed by atoms with E-state index >= 15 is 0 Å². The molecule has 170 valence electrons. The normalized spacial score (nSPS) is 19.8. The third kappa shape index (κ3) is 3.91. The largest absolute Gasteiger partial charge is 0.497 e. The second-order valence-electron chi connectivity index (χ2n) is 8.58. The number of pyridine rings is 1. The molecule has 0 bridgehead atoms. The predicted octanol–water partition coefficient (Wildman–Crippen LogP) is 3.40. The number of nitrogens with zero attached hydrogens (tertiary/aromatic N) is 4. The Balaban J connectivity index is 1.52. The SMILES string of the molecule is COc1cc(F)c2nc(N3CCC(NC4CCOC4)CC3)c(-c3nc(C)no3)c(C)c2c1. The van der Waals surface area contributed by atoms with Gasteiger partial charge in [-0.15, -0.1) is 0 Å². The first kappa shape index (κ1) is 21.1. The van der Waals surface area contributed by atoms with Crippen molar-refractivity contribution in [2.75, 3.05) is 38.3 Å². The molecule has 1 unspecified atom stereocenters. The molecule has 32 heavy (non-hydrogen) atoms. The summed E-state index contributed by atoms with van der Waals surface area (Å²) >= 11 is 0. The van der Waals surface area contributed by atoms with Crippen LogP contribution in [0.3, 0.4) is 0 Å². The Morgan fingerprint density at radius 3 is 2.59 bits per heavy atom. The molecular weight excluding hydrogens is 413 g/mol. The smallest absolute Gasteiger partial charge is 0.261 e. The number of fused-ring (bicyclic) bond motifs is 1. The monoisotopic (exact) mass is 441 g/mol. The third-order valence-electron chi connectivity index (χ3n) is 6.43. The molecule has 0 spiro atoms. The summed E-state index contributed by atoms with van der Waals surface area (Å²) in [5.41, 5.74) is 1.91. The number of methoxy groups -OCH3 is 1. The average molecular weight is 442 g/mol. The molecule has 0 amide bonds. The van der Waals surface area contributed by atoms with Crippen molar-refractivity contribution in [2.45, 2.75) is 45.2 Å². The maximum Gasteiger partial charge on any atom is 0.261 e. The van der Waals surface area contributed by atoms with Crippen molar-refractivity contribution in [3.05, 3.63) is 29.3 Å². The van der Waals surface area contributed by atoms with Gasteiger partial charge in [0.2, 0.25) is 0 Å². The van der Waals surface area contributed by atoms with Crippen LogP contribution in [0.15, 0.2) is 16.7 Å². The quantitative estimate of drug-likeness (QED) is 0.645. The molecule has 2 fully saturated rings. The molecule has 1 atom stereocenters. The first-order valence-electron chi connectivity index (χ1n) is 11.1.